The minimum atomic E-state index is 0.702. The number of hydrogen-bond donors (Lipinski definition) is 0. The largest absolute Gasteiger partial charge is 0.490 e. The van der Waals surface area contributed by atoms with Crippen LogP contribution in [0.25, 0.3) is 0 Å². The molecule has 4 heteroatoms. The minimum Gasteiger partial charge on any atom is -0.490 e. The lowest BCUT2D eigenvalue weighted by Crippen LogP contribution is -2.45. The smallest absolute Gasteiger partial charge is 0.141 e. The first-order valence-electron chi connectivity index (χ1n) is 6.87. The van der Waals surface area contributed by atoms with Crippen molar-refractivity contribution >= 4 is 11.6 Å². The lowest BCUT2D eigenvalue weighted by atomic mass is 10.1. The van der Waals surface area contributed by atoms with E-state index in [0.717, 1.165) is 54.6 Å². The van der Waals surface area contributed by atoms with Crippen molar-refractivity contribution in [3.8, 4) is 5.75 Å². The number of rotatable bonds is 4. The van der Waals surface area contributed by atoms with Crippen molar-refractivity contribution in [3.63, 3.8) is 0 Å². The van der Waals surface area contributed by atoms with Gasteiger partial charge in [0.1, 0.15) is 12.4 Å². The summed E-state index contributed by atoms with van der Waals surface area (Å²) in [4.78, 5) is 4.80. The Morgan fingerprint density at radius 1 is 1.11 bits per heavy atom. The number of piperazine rings is 1. The van der Waals surface area contributed by atoms with E-state index in [1.54, 1.807) is 0 Å². The summed E-state index contributed by atoms with van der Waals surface area (Å²) in [6.45, 7) is 10.3. The molecule has 1 heterocycles. The second-order valence-corrected chi connectivity index (χ2v) is 5.71. The molecule has 106 valence electrons. The van der Waals surface area contributed by atoms with E-state index in [4.69, 9.17) is 16.3 Å². The van der Waals surface area contributed by atoms with Gasteiger partial charge in [-0.1, -0.05) is 23.7 Å². The Labute approximate surface area is 121 Å². The highest BCUT2D eigenvalue weighted by atomic mass is 35.5. The quantitative estimate of drug-likeness (QED) is 0.844. The Balaban J connectivity index is 1.84. The van der Waals surface area contributed by atoms with Gasteiger partial charge in [-0.25, -0.2) is 0 Å². The van der Waals surface area contributed by atoms with Crippen molar-refractivity contribution in [1.29, 1.82) is 0 Å². The molecule has 0 unspecified atom stereocenters. The van der Waals surface area contributed by atoms with Crippen LogP contribution in [0.5, 0.6) is 5.75 Å². The topological polar surface area (TPSA) is 15.7 Å². The molecular weight excluding hydrogens is 260 g/mol. The molecular formula is C15H23ClN2O. The molecule has 0 N–H and O–H groups in total. The number of likely N-dealkylation sites (N-methyl/N-ethyl adjacent to an activating group) is 1. The molecule has 19 heavy (non-hydrogen) atoms. The number of benzene rings is 1. The van der Waals surface area contributed by atoms with Crippen LogP contribution < -0.4 is 4.74 Å². The number of aryl methyl sites for hydroxylation is 2. The van der Waals surface area contributed by atoms with Crippen molar-refractivity contribution in [2.24, 2.45) is 0 Å². The fourth-order valence-electron chi connectivity index (χ4n) is 2.28. The van der Waals surface area contributed by atoms with Crippen LogP contribution in [0.3, 0.4) is 0 Å². The van der Waals surface area contributed by atoms with Crippen LogP contribution in [0.15, 0.2) is 12.1 Å². The van der Waals surface area contributed by atoms with E-state index in [-0.39, 0.29) is 0 Å². The van der Waals surface area contributed by atoms with Gasteiger partial charge in [0.15, 0.2) is 0 Å². The van der Waals surface area contributed by atoms with Crippen molar-refractivity contribution in [2.75, 3.05) is 46.4 Å². The molecule has 1 aromatic rings. The zero-order valence-corrected chi connectivity index (χ0v) is 12.8. The molecule has 0 radical (unpaired) electrons. The molecule has 1 aromatic carbocycles. The van der Waals surface area contributed by atoms with Gasteiger partial charge in [0.2, 0.25) is 0 Å². The molecule has 3 nitrogen and oxygen atoms in total. The SMILES string of the molecule is Cc1ccc(C)c(OCCN2CCN(C)CC2)c1Cl. The number of ether oxygens (including phenoxy) is 1. The molecule has 1 aliphatic rings. The van der Waals surface area contributed by atoms with Crippen molar-refractivity contribution in [3.05, 3.63) is 28.3 Å². The lowest BCUT2D eigenvalue weighted by Gasteiger charge is -2.32. The molecule has 0 saturated carbocycles. The summed E-state index contributed by atoms with van der Waals surface area (Å²) < 4.78 is 5.89. The summed E-state index contributed by atoms with van der Waals surface area (Å²) in [5.74, 6) is 0.843. The third-order valence-corrected chi connectivity index (χ3v) is 4.21. The predicted octanol–water partition coefficient (Wildman–Crippen LogP) is 2.58. The van der Waals surface area contributed by atoms with Crippen molar-refractivity contribution < 1.29 is 4.74 Å². The standard InChI is InChI=1S/C15H23ClN2O/c1-12-4-5-13(2)15(14(12)16)19-11-10-18-8-6-17(3)7-9-18/h4-5H,6-11H2,1-3H3. The van der Waals surface area contributed by atoms with Gasteiger partial charge < -0.3 is 9.64 Å². The maximum absolute atomic E-state index is 6.29. The van der Waals surface area contributed by atoms with E-state index in [0.29, 0.717) is 6.61 Å². The first-order valence-corrected chi connectivity index (χ1v) is 7.25. The Bertz CT molecular complexity index is 428. The number of nitrogens with zero attached hydrogens (tertiary/aromatic N) is 2. The molecule has 0 atom stereocenters. The maximum atomic E-state index is 6.29. The van der Waals surface area contributed by atoms with Crippen LogP contribution in [0, 0.1) is 13.8 Å². The van der Waals surface area contributed by atoms with Crippen LogP contribution in [-0.2, 0) is 0 Å². The van der Waals surface area contributed by atoms with Gasteiger partial charge in [0.25, 0.3) is 0 Å². The van der Waals surface area contributed by atoms with Crippen LogP contribution in [-0.4, -0.2) is 56.2 Å². The molecule has 0 amide bonds. The number of hydrogen-bond acceptors (Lipinski definition) is 3. The van der Waals surface area contributed by atoms with Crippen LogP contribution in [0.2, 0.25) is 5.02 Å². The highest BCUT2D eigenvalue weighted by molar-refractivity contribution is 6.32. The monoisotopic (exact) mass is 282 g/mol. The van der Waals surface area contributed by atoms with E-state index in [9.17, 15) is 0 Å². The first-order chi connectivity index (χ1) is 9.08. The van der Waals surface area contributed by atoms with E-state index in [1.165, 1.54) is 0 Å². The predicted molar refractivity (Wildman–Crippen MR) is 80.4 cm³/mol. The molecule has 0 aliphatic carbocycles. The third kappa shape index (κ3) is 3.85. The Morgan fingerprint density at radius 3 is 2.42 bits per heavy atom. The average Bonchev–Trinajstić information content (AvgIpc) is 2.40. The van der Waals surface area contributed by atoms with Crippen LogP contribution in [0.1, 0.15) is 11.1 Å². The third-order valence-electron chi connectivity index (χ3n) is 3.74. The minimum absolute atomic E-state index is 0.702. The Kier molecular flexibility index (Phi) is 5.08. The molecule has 1 aliphatic heterocycles. The summed E-state index contributed by atoms with van der Waals surface area (Å²) in [6, 6.07) is 4.09. The number of halogens is 1. The van der Waals surface area contributed by atoms with E-state index >= 15 is 0 Å². The second-order valence-electron chi connectivity index (χ2n) is 5.34. The molecule has 1 fully saturated rings. The van der Waals surface area contributed by atoms with Gasteiger partial charge in [-0.3, -0.25) is 4.90 Å². The van der Waals surface area contributed by atoms with Crippen LogP contribution >= 0.6 is 11.6 Å². The fourth-order valence-corrected chi connectivity index (χ4v) is 2.54. The summed E-state index contributed by atoms with van der Waals surface area (Å²) in [5.41, 5.74) is 2.18. The molecule has 2 rings (SSSR count). The van der Waals surface area contributed by atoms with Crippen LogP contribution in [0.4, 0.5) is 0 Å². The molecule has 1 saturated heterocycles. The van der Waals surface area contributed by atoms with Gasteiger partial charge in [-0.15, -0.1) is 0 Å². The summed E-state index contributed by atoms with van der Waals surface area (Å²) >= 11 is 6.29. The highest BCUT2D eigenvalue weighted by Gasteiger charge is 2.14. The van der Waals surface area contributed by atoms with Gasteiger partial charge in [-0.05, 0) is 32.0 Å². The fraction of sp³-hybridized carbons (Fsp3) is 0.600. The lowest BCUT2D eigenvalue weighted by molar-refractivity contribution is 0.133. The van der Waals surface area contributed by atoms with Crippen molar-refractivity contribution in [1.82, 2.24) is 9.80 Å². The highest BCUT2D eigenvalue weighted by Crippen LogP contribution is 2.31. The van der Waals surface area contributed by atoms with E-state index < -0.39 is 0 Å². The van der Waals surface area contributed by atoms with Crippen molar-refractivity contribution in [2.45, 2.75) is 13.8 Å². The van der Waals surface area contributed by atoms with E-state index in [1.807, 2.05) is 19.9 Å². The summed E-state index contributed by atoms with van der Waals surface area (Å²) in [7, 11) is 2.17. The normalized spacial score (nSPS) is 17.7. The van der Waals surface area contributed by atoms with Gasteiger partial charge in [0, 0.05) is 32.7 Å². The van der Waals surface area contributed by atoms with Gasteiger partial charge >= 0.3 is 0 Å². The zero-order valence-electron chi connectivity index (χ0n) is 12.1. The molecule has 0 bridgehead atoms. The van der Waals surface area contributed by atoms with E-state index in [2.05, 4.69) is 22.9 Å². The van der Waals surface area contributed by atoms with Gasteiger partial charge in [0.05, 0.1) is 5.02 Å². The summed E-state index contributed by atoms with van der Waals surface area (Å²) in [6.07, 6.45) is 0. The van der Waals surface area contributed by atoms with Gasteiger partial charge in [-0.2, -0.15) is 0 Å². The second kappa shape index (κ2) is 6.60. The molecule has 0 spiro atoms. The molecule has 0 aromatic heterocycles. The average molecular weight is 283 g/mol. The Morgan fingerprint density at radius 2 is 1.74 bits per heavy atom. The Hall–Kier alpha value is -0.770. The maximum Gasteiger partial charge on any atom is 0.141 e. The zero-order chi connectivity index (χ0) is 13.8. The summed E-state index contributed by atoms with van der Waals surface area (Å²) in [5, 5.41) is 0.748. The first kappa shape index (κ1) is 14.6.